The van der Waals surface area contributed by atoms with Gasteiger partial charge in [-0.2, -0.15) is 0 Å². The van der Waals surface area contributed by atoms with Crippen molar-refractivity contribution in [2.45, 2.75) is 44.4 Å². The molecule has 0 bridgehead atoms. The van der Waals surface area contributed by atoms with Crippen molar-refractivity contribution in [3.05, 3.63) is 64.4 Å². The number of benzene rings is 2. The van der Waals surface area contributed by atoms with E-state index >= 15 is 0 Å². The molecule has 0 spiro atoms. The lowest BCUT2D eigenvalue weighted by molar-refractivity contribution is -0.763. The van der Waals surface area contributed by atoms with Gasteiger partial charge >= 0.3 is 11.3 Å². The first-order valence-corrected chi connectivity index (χ1v) is 12.1. The minimum absolute atomic E-state index is 0.0586. The predicted octanol–water partition coefficient (Wildman–Crippen LogP) is 3.93. The van der Waals surface area contributed by atoms with Crippen molar-refractivity contribution in [1.29, 1.82) is 0 Å². The zero-order valence-corrected chi connectivity index (χ0v) is 19.3. The summed E-state index contributed by atoms with van der Waals surface area (Å²) in [5, 5.41) is 5.21. The second-order valence-corrected chi connectivity index (χ2v) is 8.30. The Bertz CT molecular complexity index is 1190. The molecule has 166 valence electrons. The van der Waals surface area contributed by atoms with E-state index in [0.717, 1.165) is 18.4 Å². The molecule has 2 heterocycles. The van der Waals surface area contributed by atoms with Crippen molar-refractivity contribution in [3.63, 3.8) is 0 Å². The normalized spacial score (nSPS) is 14.6. The molecule has 1 atom stereocenters. The summed E-state index contributed by atoms with van der Waals surface area (Å²) < 4.78 is 7.78. The molecule has 1 amide bonds. The number of H-pyrrole nitrogens is 1. The maximum absolute atomic E-state index is 13.3. The molecular formula is C24H27N4O3S+. The minimum Gasteiger partial charge on any atom is -0.493 e. The number of para-hydroxylation sites is 2. The van der Waals surface area contributed by atoms with Crippen LogP contribution in [-0.4, -0.2) is 28.9 Å². The first-order valence-electron chi connectivity index (χ1n) is 10.8. The van der Waals surface area contributed by atoms with Gasteiger partial charge < -0.3 is 4.74 Å². The Balaban J connectivity index is 2.00. The van der Waals surface area contributed by atoms with E-state index in [-0.39, 0.29) is 11.5 Å². The first-order chi connectivity index (χ1) is 15.6. The largest absolute Gasteiger partial charge is 0.493 e. The Morgan fingerprint density at radius 2 is 1.94 bits per heavy atom. The molecule has 1 N–H and O–H groups in total. The number of ether oxygens (including phenoxy) is 1. The predicted molar refractivity (Wildman–Crippen MR) is 125 cm³/mol. The highest BCUT2D eigenvalue weighted by molar-refractivity contribution is 7.98. The Morgan fingerprint density at radius 3 is 2.69 bits per heavy atom. The van der Waals surface area contributed by atoms with Crippen molar-refractivity contribution in [2.24, 2.45) is 0 Å². The maximum atomic E-state index is 13.3. The average molecular weight is 452 g/mol. The fourth-order valence-corrected chi connectivity index (χ4v) is 4.30. The van der Waals surface area contributed by atoms with Crippen LogP contribution in [0.2, 0.25) is 0 Å². The van der Waals surface area contributed by atoms with Crippen molar-refractivity contribution < 1.29 is 14.2 Å². The highest BCUT2D eigenvalue weighted by Crippen LogP contribution is 2.39. The number of unbranched alkanes of at least 4 members (excludes halogenated alkanes) is 1. The van der Waals surface area contributed by atoms with Gasteiger partial charge in [0.25, 0.3) is 6.17 Å². The number of thioether (sulfide) groups is 1. The number of carbonyl (C=O) groups is 1. The summed E-state index contributed by atoms with van der Waals surface area (Å²) in [4.78, 5) is 31.0. The smallest absolute Gasteiger partial charge is 0.325 e. The summed E-state index contributed by atoms with van der Waals surface area (Å²) in [5.41, 5.74) is 2.34. The van der Waals surface area contributed by atoms with E-state index in [0.29, 0.717) is 40.9 Å². The Labute approximate surface area is 191 Å². The maximum Gasteiger partial charge on any atom is 0.325 e. The van der Waals surface area contributed by atoms with Crippen LogP contribution in [0.1, 0.15) is 44.8 Å². The second kappa shape index (κ2) is 9.56. The zero-order valence-electron chi connectivity index (χ0n) is 18.5. The number of rotatable bonds is 7. The first kappa shape index (κ1) is 22.1. The highest BCUT2D eigenvalue weighted by atomic mass is 32.2. The van der Waals surface area contributed by atoms with Gasteiger partial charge in [0, 0.05) is 11.5 Å². The van der Waals surface area contributed by atoms with E-state index in [9.17, 15) is 9.59 Å². The number of nitrogens with one attached hydrogen (secondary N) is 1. The lowest BCUT2D eigenvalue weighted by Gasteiger charge is -2.32. The number of carbonyl (C=O) groups excluding carboxylic acids is 1. The number of fused-ring (bicyclic) bond motifs is 3. The Kier molecular flexibility index (Phi) is 6.60. The van der Waals surface area contributed by atoms with Gasteiger partial charge in [-0.15, -0.1) is 0 Å². The molecule has 32 heavy (non-hydrogen) atoms. The average Bonchev–Trinajstić information content (AvgIpc) is 2.82. The molecule has 0 fully saturated rings. The summed E-state index contributed by atoms with van der Waals surface area (Å²) in [5.74, 6) is 0.627. The van der Waals surface area contributed by atoms with Crippen LogP contribution in [0.5, 0.6) is 5.75 Å². The summed E-state index contributed by atoms with van der Waals surface area (Å²) in [6.45, 7) is 4.53. The third kappa shape index (κ3) is 3.90. The lowest BCUT2D eigenvalue weighted by Crippen LogP contribution is -2.60. The van der Waals surface area contributed by atoms with E-state index in [1.54, 1.807) is 9.58 Å². The second-order valence-electron chi connectivity index (χ2n) is 7.50. The molecule has 0 aliphatic carbocycles. The van der Waals surface area contributed by atoms with Crippen molar-refractivity contribution in [2.75, 3.05) is 17.8 Å². The van der Waals surface area contributed by atoms with Crippen molar-refractivity contribution in [1.82, 2.24) is 10.1 Å². The van der Waals surface area contributed by atoms with E-state index < -0.39 is 6.17 Å². The van der Waals surface area contributed by atoms with Gasteiger partial charge in [0.15, 0.2) is 0 Å². The third-order valence-electron chi connectivity index (χ3n) is 5.48. The molecule has 1 aromatic heterocycles. The van der Waals surface area contributed by atoms with Crippen molar-refractivity contribution >= 4 is 23.4 Å². The van der Waals surface area contributed by atoms with Crippen LogP contribution in [0.25, 0.3) is 11.3 Å². The molecule has 8 heteroatoms. The van der Waals surface area contributed by atoms with Crippen LogP contribution in [-0.2, 0) is 4.79 Å². The number of hydrogen-bond donors (Lipinski definition) is 1. The monoisotopic (exact) mass is 451 g/mol. The number of hydrogen-bond acceptors (Lipinski definition) is 5. The van der Waals surface area contributed by atoms with E-state index in [4.69, 9.17) is 9.84 Å². The fraction of sp³-hybridized carbons (Fsp3) is 0.333. The quantitative estimate of drug-likeness (QED) is 0.335. The minimum atomic E-state index is -0.640. The lowest BCUT2D eigenvalue weighted by atomic mass is 10.0. The number of anilines is 1. The molecule has 1 aliphatic rings. The van der Waals surface area contributed by atoms with Crippen LogP contribution in [0, 0.1) is 0 Å². The van der Waals surface area contributed by atoms with Gasteiger partial charge in [-0.05, 0) is 41.6 Å². The van der Waals surface area contributed by atoms with E-state index in [1.165, 1.54) is 11.8 Å². The number of nitrogens with zero attached hydrogens (tertiary/aromatic N) is 3. The number of aromatic amines is 1. The Hall–Kier alpha value is -3.13. The van der Waals surface area contributed by atoms with E-state index in [1.807, 2.05) is 61.7 Å². The topological polar surface area (TPSA) is 79.2 Å². The molecule has 0 saturated carbocycles. The van der Waals surface area contributed by atoms with Crippen LogP contribution in [0.4, 0.5) is 5.69 Å². The van der Waals surface area contributed by atoms with E-state index in [2.05, 4.69) is 11.9 Å². The SMILES string of the molecule is CCCCOc1ccccc1[C@@H]1N(C(=O)CC)c2ccccc2-c2c(=O)[nH]c(SC)n[n+]21. The summed E-state index contributed by atoms with van der Waals surface area (Å²) in [6, 6.07) is 15.1. The van der Waals surface area contributed by atoms with Gasteiger partial charge in [-0.1, -0.05) is 56.3 Å². The van der Waals surface area contributed by atoms with Crippen LogP contribution >= 0.6 is 11.8 Å². The fourth-order valence-electron chi connectivity index (χ4n) is 3.94. The molecule has 0 unspecified atom stereocenters. The van der Waals surface area contributed by atoms with Gasteiger partial charge in [0.05, 0.1) is 23.4 Å². The zero-order chi connectivity index (χ0) is 22.7. The van der Waals surface area contributed by atoms with Crippen LogP contribution in [0.3, 0.4) is 0 Å². The standard InChI is InChI=1S/C24H26N4O3S/c1-4-6-15-31-19-14-10-8-12-17(19)23-27(20(29)5-2)18-13-9-7-11-16(18)21-22(30)25-24(32-3)26-28(21)23/h7-14,23H,4-6,15H2,1-3H3/p+1/t23-/m1/s1. The van der Waals surface area contributed by atoms with Gasteiger partial charge in [-0.3, -0.25) is 14.6 Å². The van der Waals surface area contributed by atoms with Gasteiger partial charge in [0.2, 0.25) is 11.1 Å². The van der Waals surface area contributed by atoms with Gasteiger partial charge in [0.1, 0.15) is 5.75 Å². The van der Waals surface area contributed by atoms with Gasteiger partial charge in [-0.25, -0.2) is 4.90 Å². The molecule has 3 aromatic rings. The van der Waals surface area contributed by atoms with Crippen LogP contribution < -0.4 is 19.9 Å². The number of amides is 1. The van der Waals surface area contributed by atoms with Crippen LogP contribution in [0.15, 0.2) is 58.5 Å². The summed E-state index contributed by atoms with van der Waals surface area (Å²) >= 11 is 1.35. The molecular weight excluding hydrogens is 424 g/mol. The molecule has 0 radical (unpaired) electrons. The highest BCUT2D eigenvalue weighted by Gasteiger charge is 2.46. The Morgan fingerprint density at radius 1 is 1.19 bits per heavy atom. The summed E-state index contributed by atoms with van der Waals surface area (Å²) in [6.07, 6.45) is 3.48. The molecule has 0 saturated heterocycles. The molecule has 4 rings (SSSR count). The third-order valence-corrected chi connectivity index (χ3v) is 6.05. The van der Waals surface area contributed by atoms with Crippen molar-refractivity contribution in [3.8, 4) is 17.0 Å². The number of aromatic nitrogens is 3. The molecule has 2 aromatic carbocycles. The molecule has 7 nitrogen and oxygen atoms in total. The summed E-state index contributed by atoms with van der Waals surface area (Å²) in [7, 11) is 0. The molecule has 1 aliphatic heterocycles.